The number of nitrogens with one attached hydrogen (secondary N) is 1. The quantitative estimate of drug-likeness (QED) is 0.819. The summed E-state index contributed by atoms with van der Waals surface area (Å²) in [5.41, 5.74) is 4.45. The first-order valence-corrected chi connectivity index (χ1v) is 8.35. The van der Waals surface area contributed by atoms with Crippen LogP contribution in [0, 0.1) is 6.92 Å². The van der Waals surface area contributed by atoms with Crippen molar-refractivity contribution in [2.45, 2.75) is 45.8 Å². The SMILES string of the molecule is COCC(O)CNCc1cn(-c2ccc(C)cc2)nc1C(C)(C)C. The fraction of sp³-hybridized carbons (Fsp3) is 0.526. The number of aromatic nitrogens is 2. The highest BCUT2D eigenvalue weighted by Crippen LogP contribution is 2.25. The lowest BCUT2D eigenvalue weighted by Gasteiger charge is -2.18. The third-order valence-electron chi connectivity index (χ3n) is 3.85. The summed E-state index contributed by atoms with van der Waals surface area (Å²) >= 11 is 0. The maximum Gasteiger partial charge on any atom is 0.0897 e. The highest BCUT2D eigenvalue weighted by atomic mass is 16.5. The van der Waals surface area contributed by atoms with E-state index in [4.69, 9.17) is 9.84 Å². The average Bonchev–Trinajstić information content (AvgIpc) is 2.92. The zero-order valence-corrected chi connectivity index (χ0v) is 15.3. The Morgan fingerprint density at radius 1 is 1.25 bits per heavy atom. The minimum absolute atomic E-state index is 0.0435. The maximum atomic E-state index is 9.76. The molecule has 1 aromatic carbocycles. The third kappa shape index (κ3) is 4.90. The Labute approximate surface area is 144 Å². The molecule has 1 heterocycles. The molecule has 0 fully saturated rings. The molecule has 132 valence electrons. The highest BCUT2D eigenvalue weighted by molar-refractivity contribution is 5.36. The Hall–Kier alpha value is -1.69. The molecule has 0 spiro atoms. The zero-order valence-electron chi connectivity index (χ0n) is 15.3. The summed E-state index contributed by atoms with van der Waals surface area (Å²) in [6.07, 6.45) is 1.57. The van der Waals surface area contributed by atoms with Gasteiger partial charge in [-0.05, 0) is 19.1 Å². The minimum Gasteiger partial charge on any atom is -0.389 e. The Kier molecular flexibility index (Phi) is 6.15. The van der Waals surface area contributed by atoms with Crippen LogP contribution in [-0.4, -0.2) is 41.3 Å². The van der Waals surface area contributed by atoms with Crippen LogP contribution in [0.15, 0.2) is 30.5 Å². The van der Waals surface area contributed by atoms with Gasteiger partial charge < -0.3 is 15.2 Å². The van der Waals surface area contributed by atoms with Crippen LogP contribution in [0.1, 0.15) is 37.6 Å². The molecule has 0 saturated carbocycles. The fourth-order valence-corrected chi connectivity index (χ4v) is 2.63. The van der Waals surface area contributed by atoms with Crippen molar-refractivity contribution in [2.75, 3.05) is 20.3 Å². The second-order valence-corrected chi connectivity index (χ2v) is 7.27. The van der Waals surface area contributed by atoms with Crippen molar-refractivity contribution in [3.05, 3.63) is 47.3 Å². The van der Waals surface area contributed by atoms with E-state index >= 15 is 0 Å². The van der Waals surface area contributed by atoms with Gasteiger partial charge in [0.2, 0.25) is 0 Å². The second kappa shape index (κ2) is 7.92. The largest absolute Gasteiger partial charge is 0.389 e. The van der Waals surface area contributed by atoms with Crippen molar-refractivity contribution in [1.29, 1.82) is 0 Å². The first-order valence-electron chi connectivity index (χ1n) is 8.35. The summed E-state index contributed by atoms with van der Waals surface area (Å²) in [6.45, 7) is 10.1. The molecule has 5 heteroatoms. The lowest BCUT2D eigenvalue weighted by molar-refractivity contribution is 0.0644. The number of nitrogens with zero attached hydrogens (tertiary/aromatic N) is 2. The Bertz CT molecular complexity index is 642. The van der Waals surface area contributed by atoms with Crippen LogP contribution in [0.2, 0.25) is 0 Å². The molecule has 0 bridgehead atoms. The third-order valence-corrected chi connectivity index (χ3v) is 3.85. The molecule has 0 radical (unpaired) electrons. The standard InChI is InChI=1S/C19H29N3O2/c1-14-6-8-16(9-7-14)22-12-15(18(21-22)19(2,3)4)10-20-11-17(23)13-24-5/h6-9,12,17,20,23H,10-11,13H2,1-5H3. The first-order chi connectivity index (χ1) is 11.3. The van der Waals surface area contributed by atoms with Gasteiger partial charge in [-0.1, -0.05) is 38.5 Å². The molecule has 1 atom stereocenters. The van der Waals surface area contributed by atoms with E-state index in [-0.39, 0.29) is 5.41 Å². The van der Waals surface area contributed by atoms with Gasteiger partial charge in [0.05, 0.1) is 24.1 Å². The van der Waals surface area contributed by atoms with Gasteiger partial charge in [0.15, 0.2) is 0 Å². The number of aliphatic hydroxyl groups is 1. The number of hydrogen-bond donors (Lipinski definition) is 2. The summed E-state index contributed by atoms with van der Waals surface area (Å²) in [5.74, 6) is 0. The van der Waals surface area contributed by atoms with Crippen molar-refractivity contribution >= 4 is 0 Å². The van der Waals surface area contributed by atoms with E-state index in [9.17, 15) is 5.11 Å². The second-order valence-electron chi connectivity index (χ2n) is 7.27. The molecule has 0 aliphatic carbocycles. The molecular formula is C19H29N3O2. The fourth-order valence-electron chi connectivity index (χ4n) is 2.63. The molecular weight excluding hydrogens is 302 g/mol. The number of hydrogen-bond acceptors (Lipinski definition) is 4. The van der Waals surface area contributed by atoms with E-state index in [1.54, 1.807) is 7.11 Å². The van der Waals surface area contributed by atoms with E-state index in [1.165, 1.54) is 5.56 Å². The molecule has 0 aliphatic rings. The van der Waals surface area contributed by atoms with Gasteiger partial charge in [0.25, 0.3) is 0 Å². The Balaban J connectivity index is 2.18. The van der Waals surface area contributed by atoms with E-state index in [2.05, 4.69) is 63.5 Å². The molecule has 2 N–H and O–H groups in total. The number of aryl methyl sites for hydroxylation is 1. The number of aliphatic hydroxyl groups excluding tert-OH is 1. The molecule has 0 amide bonds. The number of rotatable bonds is 7. The van der Waals surface area contributed by atoms with Gasteiger partial charge in [-0.25, -0.2) is 4.68 Å². The molecule has 0 aliphatic heterocycles. The van der Waals surface area contributed by atoms with Crippen LogP contribution in [0.4, 0.5) is 0 Å². The van der Waals surface area contributed by atoms with E-state index in [1.807, 2.05) is 4.68 Å². The van der Waals surface area contributed by atoms with E-state index in [0.29, 0.717) is 19.7 Å². The lowest BCUT2D eigenvalue weighted by Crippen LogP contribution is -2.30. The highest BCUT2D eigenvalue weighted by Gasteiger charge is 2.22. The maximum absolute atomic E-state index is 9.76. The Morgan fingerprint density at radius 2 is 1.92 bits per heavy atom. The van der Waals surface area contributed by atoms with E-state index in [0.717, 1.165) is 16.9 Å². The number of ether oxygens (including phenoxy) is 1. The molecule has 2 rings (SSSR count). The van der Waals surface area contributed by atoms with Crippen molar-refractivity contribution in [3.8, 4) is 5.69 Å². The van der Waals surface area contributed by atoms with Crippen LogP contribution in [0.5, 0.6) is 0 Å². The topological polar surface area (TPSA) is 59.3 Å². The molecule has 1 unspecified atom stereocenters. The van der Waals surface area contributed by atoms with Crippen molar-refractivity contribution in [3.63, 3.8) is 0 Å². The van der Waals surface area contributed by atoms with Gasteiger partial charge in [0, 0.05) is 37.4 Å². The smallest absolute Gasteiger partial charge is 0.0897 e. The summed E-state index contributed by atoms with van der Waals surface area (Å²) in [6, 6.07) is 8.34. The van der Waals surface area contributed by atoms with Crippen molar-refractivity contribution in [1.82, 2.24) is 15.1 Å². The number of benzene rings is 1. The predicted octanol–water partition coefficient (Wildman–Crippen LogP) is 2.58. The molecule has 5 nitrogen and oxygen atoms in total. The average molecular weight is 331 g/mol. The van der Waals surface area contributed by atoms with Gasteiger partial charge >= 0.3 is 0 Å². The monoisotopic (exact) mass is 331 g/mol. The van der Waals surface area contributed by atoms with Gasteiger partial charge in [-0.15, -0.1) is 0 Å². The molecule has 2 aromatic rings. The molecule has 1 aromatic heterocycles. The zero-order chi connectivity index (χ0) is 17.7. The van der Waals surface area contributed by atoms with Crippen LogP contribution >= 0.6 is 0 Å². The summed E-state index contributed by atoms with van der Waals surface area (Å²) in [7, 11) is 1.59. The molecule has 24 heavy (non-hydrogen) atoms. The van der Waals surface area contributed by atoms with Gasteiger partial charge in [-0.3, -0.25) is 0 Å². The van der Waals surface area contributed by atoms with Gasteiger partial charge in [0.1, 0.15) is 0 Å². The van der Waals surface area contributed by atoms with Crippen LogP contribution in [0.3, 0.4) is 0 Å². The summed E-state index contributed by atoms with van der Waals surface area (Å²) in [5, 5.41) is 17.9. The van der Waals surface area contributed by atoms with E-state index < -0.39 is 6.10 Å². The number of methoxy groups -OCH3 is 1. The normalized spacial score (nSPS) is 13.2. The minimum atomic E-state index is -0.500. The van der Waals surface area contributed by atoms with Crippen LogP contribution in [0.25, 0.3) is 5.69 Å². The first kappa shape index (κ1) is 18.6. The van der Waals surface area contributed by atoms with Gasteiger partial charge in [-0.2, -0.15) is 5.10 Å². The van der Waals surface area contributed by atoms with Crippen molar-refractivity contribution < 1.29 is 9.84 Å². The van der Waals surface area contributed by atoms with Crippen LogP contribution < -0.4 is 5.32 Å². The Morgan fingerprint density at radius 3 is 2.50 bits per heavy atom. The molecule has 0 saturated heterocycles. The summed E-state index contributed by atoms with van der Waals surface area (Å²) in [4.78, 5) is 0. The summed E-state index contributed by atoms with van der Waals surface area (Å²) < 4.78 is 6.88. The lowest BCUT2D eigenvalue weighted by atomic mass is 9.89. The van der Waals surface area contributed by atoms with Crippen molar-refractivity contribution in [2.24, 2.45) is 0 Å². The van der Waals surface area contributed by atoms with Crippen LogP contribution in [-0.2, 0) is 16.7 Å². The predicted molar refractivity (Wildman–Crippen MR) is 96.6 cm³/mol.